The second-order valence-corrected chi connectivity index (χ2v) is 4.71. The molecule has 0 saturated heterocycles. The van der Waals surface area contributed by atoms with E-state index in [1.54, 1.807) is 12.4 Å². The lowest BCUT2D eigenvalue weighted by atomic mass is 10.0. The van der Waals surface area contributed by atoms with Crippen LogP contribution in [0.1, 0.15) is 24.2 Å². The van der Waals surface area contributed by atoms with Gasteiger partial charge in [0.15, 0.2) is 0 Å². The Morgan fingerprint density at radius 1 is 1.00 bits per heavy atom. The van der Waals surface area contributed by atoms with E-state index in [0.29, 0.717) is 6.61 Å². The quantitative estimate of drug-likeness (QED) is 0.797. The Morgan fingerprint density at radius 3 is 2.57 bits per heavy atom. The summed E-state index contributed by atoms with van der Waals surface area (Å²) in [5, 5.41) is 10.5. The van der Waals surface area contributed by atoms with Gasteiger partial charge in [0.05, 0.1) is 17.6 Å². The number of hydrogen-bond donors (Lipinski definition) is 1. The van der Waals surface area contributed by atoms with Crippen molar-refractivity contribution in [2.45, 2.75) is 13.0 Å². The monoisotopic (exact) mass is 280 g/mol. The average molecular weight is 280 g/mol. The van der Waals surface area contributed by atoms with Crippen LogP contribution in [-0.4, -0.2) is 21.7 Å². The molecule has 1 aromatic heterocycles. The van der Waals surface area contributed by atoms with E-state index in [-0.39, 0.29) is 0 Å². The lowest BCUT2D eigenvalue weighted by Gasteiger charge is -2.13. The number of nitrogens with zero attached hydrogens (tertiary/aromatic N) is 2. The Morgan fingerprint density at radius 2 is 1.76 bits per heavy atom. The molecule has 1 heterocycles. The Balaban J connectivity index is 1.95. The summed E-state index contributed by atoms with van der Waals surface area (Å²) in [6.45, 7) is 2.54. The first-order valence-corrected chi connectivity index (χ1v) is 6.89. The molecule has 4 nitrogen and oxygen atoms in total. The number of ether oxygens (including phenoxy) is 1. The summed E-state index contributed by atoms with van der Waals surface area (Å²) in [5.41, 5.74) is 3.17. The van der Waals surface area contributed by atoms with Crippen LogP contribution in [-0.2, 0) is 0 Å². The first kappa shape index (κ1) is 13.5. The Kier molecular flexibility index (Phi) is 3.79. The van der Waals surface area contributed by atoms with E-state index in [0.717, 1.165) is 27.9 Å². The molecule has 0 aliphatic rings. The van der Waals surface area contributed by atoms with E-state index in [1.165, 1.54) is 0 Å². The van der Waals surface area contributed by atoms with Crippen LogP contribution in [0.5, 0.6) is 5.75 Å². The highest BCUT2D eigenvalue weighted by Crippen LogP contribution is 2.26. The molecular formula is C17H16N2O2. The van der Waals surface area contributed by atoms with E-state index in [4.69, 9.17) is 4.74 Å². The maximum atomic E-state index is 10.5. The molecule has 0 aliphatic heterocycles. The van der Waals surface area contributed by atoms with Gasteiger partial charge in [-0.15, -0.1) is 0 Å². The van der Waals surface area contributed by atoms with Gasteiger partial charge in [0, 0.05) is 12.4 Å². The topological polar surface area (TPSA) is 55.2 Å². The summed E-state index contributed by atoms with van der Waals surface area (Å²) in [4.78, 5) is 8.50. The molecule has 21 heavy (non-hydrogen) atoms. The normalized spacial score (nSPS) is 12.3. The molecule has 3 aromatic rings. The lowest BCUT2D eigenvalue weighted by Crippen LogP contribution is -2.01. The molecule has 0 amide bonds. The standard InChI is InChI=1S/C17H16N2O2/c1-2-21-14-5-3-4-12(10-14)17(20)13-6-7-15-16(11-13)19-9-8-18-15/h3-11,17,20H,2H2,1H3. The fraction of sp³-hybridized carbons (Fsp3) is 0.176. The number of benzene rings is 2. The van der Waals surface area contributed by atoms with Crippen LogP contribution in [0.2, 0.25) is 0 Å². The molecule has 0 saturated carbocycles. The van der Waals surface area contributed by atoms with Gasteiger partial charge in [0.2, 0.25) is 0 Å². The highest BCUT2D eigenvalue weighted by Gasteiger charge is 2.12. The van der Waals surface area contributed by atoms with Gasteiger partial charge in [-0.05, 0) is 42.3 Å². The van der Waals surface area contributed by atoms with Crippen molar-refractivity contribution in [1.82, 2.24) is 9.97 Å². The van der Waals surface area contributed by atoms with Crippen LogP contribution >= 0.6 is 0 Å². The van der Waals surface area contributed by atoms with Crippen molar-refractivity contribution in [2.75, 3.05) is 6.61 Å². The van der Waals surface area contributed by atoms with E-state index >= 15 is 0 Å². The molecule has 4 heteroatoms. The van der Waals surface area contributed by atoms with Crippen LogP contribution < -0.4 is 4.74 Å². The van der Waals surface area contributed by atoms with Crippen LogP contribution in [0.4, 0.5) is 0 Å². The summed E-state index contributed by atoms with van der Waals surface area (Å²) < 4.78 is 5.47. The third-order valence-corrected chi connectivity index (χ3v) is 3.29. The van der Waals surface area contributed by atoms with E-state index in [9.17, 15) is 5.11 Å². The highest BCUT2D eigenvalue weighted by molar-refractivity contribution is 5.74. The summed E-state index contributed by atoms with van der Waals surface area (Å²) in [6.07, 6.45) is 2.59. The van der Waals surface area contributed by atoms with Crippen molar-refractivity contribution < 1.29 is 9.84 Å². The third kappa shape index (κ3) is 2.85. The van der Waals surface area contributed by atoms with E-state index in [1.807, 2.05) is 49.4 Å². The summed E-state index contributed by atoms with van der Waals surface area (Å²) in [7, 11) is 0. The van der Waals surface area contributed by atoms with Crippen LogP contribution in [0, 0.1) is 0 Å². The zero-order chi connectivity index (χ0) is 14.7. The van der Waals surface area contributed by atoms with Gasteiger partial charge < -0.3 is 9.84 Å². The lowest BCUT2D eigenvalue weighted by molar-refractivity contribution is 0.219. The molecule has 0 bridgehead atoms. The zero-order valence-electron chi connectivity index (χ0n) is 11.7. The summed E-state index contributed by atoms with van der Waals surface area (Å²) in [5.74, 6) is 0.759. The molecule has 3 rings (SSSR count). The Bertz CT molecular complexity index is 758. The second-order valence-electron chi connectivity index (χ2n) is 4.71. The number of fused-ring (bicyclic) bond motifs is 1. The predicted molar refractivity (Wildman–Crippen MR) is 81.2 cm³/mol. The third-order valence-electron chi connectivity index (χ3n) is 3.29. The Hall–Kier alpha value is -2.46. The molecule has 0 radical (unpaired) electrons. The number of hydrogen-bond acceptors (Lipinski definition) is 4. The van der Waals surface area contributed by atoms with Gasteiger partial charge >= 0.3 is 0 Å². The van der Waals surface area contributed by atoms with Crippen molar-refractivity contribution in [3.05, 3.63) is 66.0 Å². The average Bonchev–Trinajstić information content (AvgIpc) is 2.54. The van der Waals surface area contributed by atoms with Gasteiger partial charge in [-0.25, -0.2) is 0 Å². The fourth-order valence-electron chi connectivity index (χ4n) is 2.28. The summed E-state index contributed by atoms with van der Waals surface area (Å²) in [6, 6.07) is 13.1. The number of rotatable bonds is 4. The van der Waals surface area contributed by atoms with E-state index < -0.39 is 6.10 Å². The molecule has 1 unspecified atom stereocenters. The first-order chi connectivity index (χ1) is 10.3. The predicted octanol–water partition coefficient (Wildman–Crippen LogP) is 3.11. The van der Waals surface area contributed by atoms with Crippen LogP contribution in [0.25, 0.3) is 11.0 Å². The minimum absolute atomic E-state index is 0.602. The molecule has 106 valence electrons. The maximum Gasteiger partial charge on any atom is 0.119 e. The molecule has 2 aromatic carbocycles. The van der Waals surface area contributed by atoms with Crippen molar-refractivity contribution in [2.24, 2.45) is 0 Å². The first-order valence-electron chi connectivity index (χ1n) is 6.89. The molecule has 0 aliphatic carbocycles. The van der Waals surface area contributed by atoms with Crippen LogP contribution in [0.15, 0.2) is 54.9 Å². The SMILES string of the molecule is CCOc1cccc(C(O)c2ccc3nccnc3c2)c1. The van der Waals surface area contributed by atoms with Crippen molar-refractivity contribution in [3.8, 4) is 5.75 Å². The Labute approximate surface area is 123 Å². The number of aliphatic hydroxyl groups is 1. The fourth-order valence-corrected chi connectivity index (χ4v) is 2.28. The molecule has 1 N–H and O–H groups in total. The van der Waals surface area contributed by atoms with Crippen molar-refractivity contribution in [3.63, 3.8) is 0 Å². The van der Waals surface area contributed by atoms with Crippen molar-refractivity contribution >= 4 is 11.0 Å². The van der Waals surface area contributed by atoms with E-state index in [2.05, 4.69) is 9.97 Å². The van der Waals surface area contributed by atoms with Gasteiger partial charge in [0.25, 0.3) is 0 Å². The van der Waals surface area contributed by atoms with Crippen LogP contribution in [0.3, 0.4) is 0 Å². The van der Waals surface area contributed by atoms with Gasteiger partial charge in [0.1, 0.15) is 11.9 Å². The number of aliphatic hydroxyl groups excluding tert-OH is 1. The molecule has 0 fully saturated rings. The highest BCUT2D eigenvalue weighted by atomic mass is 16.5. The second kappa shape index (κ2) is 5.89. The minimum Gasteiger partial charge on any atom is -0.494 e. The minimum atomic E-state index is -0.711. The molecule has 0 spiro atoms. The van der Waals surface area contributed by atoms with Gasteiger partial charge in [-0.3, -0.25) is 9.97 Å². The largest absolute Gasteiger partial charge is 0.494 e. The molecule has 1 atom stereocenters. The van der Waals surface area contributed by atoms with Crippen molar-refractivity contribution in [1.29, 1.82) is 0 Å². The van der Waals surface area contributed by atoms with Gasteiger partial charge in [-0.1, -0.05) is 18.2 Å². The smallest absolute Gasteiger partial charge is 0.119 e. The number of aromatic nitrogens is 2. The zero-order valence-corrected chi connectivity index (χ0v) is 11.7. The van der Waals surface area contributed by atoms with Gasteiger partial charge in [-0.2, -0.15) is 0 Å². The summed E-state index contributed by atoms with van der Waals surface area (Å²) >= 11 is 0. The molecular weight excluding hydrogens is 264 g/mol. The maximum absolute atomic E-state index is 10.5.